The van der Waals surface area contributed by atoms with E-state index in [0.717, 1.165) is 33.9 Å². The van der Waals surface area contributed by atoms with Gasteiger partial charge in [0.1, 0.15) is 11.5 Å². The van der Waals surface area contributed by atoms with Crippen molar-refractivity contribution >= 4 is 0 Å². The molecule has 0 saturated heterocycles. The first-order valence-electron chi connectivity index (χ1n) is 7.07. The molecular weight excluding hydrogens is 274 g/mol. The van der Waals surface area contributed by atoms with E-state index >= 15 is 0 Å². The standard InChI is InChI=1S/C19H17NO2/c1-21-17-11-5-3-8-14(17)15-10-7-13-20-19(15)16-9-4-6-12-18(16)22-2/h3-13H,1-2H3. The summed E-state index contributed by atoms with van der Waals surface area (Å²) in [6, 6.07) is 19.8. The van der Waals surface area contributed by atoms with Crippen LogP contribution >= 0.6 is 0 Å². The molecule has 2 aromatic carbocycles. The largest absolute Gasteiger partial charge is 0.496 e. The molecule has 1 heterocycles. The highest BCUT2D eigenvalue weighted by Gasteiger charge is 2.14. The molecule has 3 rings (SSSR count). The fraction of sp³-hybridized carbons (Fsp3) is 0.105. The van der Waals surface area contributed by atoms with Gasteiger partial charge < -0.3 is 9.47 Å². The minimum Gasteiger partial charge on any atom is -0.496 e. The van der Waals surface area contributed by atoms with Crippen LogP contribution in [0.15, 0.2) is 66.9 Å². The predicted molar refractivity (Wildman–Crippen MR) is 88.2 cm³/mol. The quantitative estimate of drug-likeness (QED) is 0.712. The summed E-state index contributed by atoms with van der Waals surface area (Å²) in [5.74, 6) is 1.63. The minimum absolute atomic E-state index is 0.803. The van der Waals surface area contributed by atoms with E-state index in [4.69, 9.17) is 9.47 Å². The van der Waals surface area contributed by atoms with Crippen LogP contribution in [-0.4, -0.2) is 19.2 Å². The Morgan fingerprint density at radius 2 is 1.18 bits per heavy atom. The first kappa shape index (κ1) is 14.1. The first-order chi connectivity index (χ1) is 10.8. The van der Waals surface area contributed by atoms with Crippen LogP contribution in [-0.2, 0) is 0 Å². The monoisotopic (exact) mass is 291 g/mol. The van der Waals surface area contributed by atoms with Crippen LogP contribution in [0.4, 0.5) is 0 Å². The summed E-state index contributed by atoms with van der Waals surface area (Å²) in [5.41, 5.74) is 3.87. The van der Waals surface area contributed by atoms with Crippen LogP contribution in [0.3, 0.4) is 0 Å². The maximum atomic E-state index is 5.49. The molecule has 1 aromatic heterocycles. The van der Waals surface area contributed by atoms with E-state index in [1.165, 1.54) is 0 Å². The van der Waals surface area contributed by atoms with Crippen molar-refractivity contribution < 1.29 is 9.47 Å². The molecule has 0 bridgehead atoms. The number of nitrogens with zero attached hydrogens (tertiary/aromatic N) is 1. The second-order valence-corrected chi connectivity index (χ2v) is 4.80. The van der Waals surface area contributed by atoms with Crippen molar-refractivity contribution in [2.75, 3.05) is 14.2 Å². The Bertz CT molecular complexity index is 717. The van der Waals surface area contributed by atoms with Gasteiger partial charge in [0.15, 0.2) is 0 Å². The summed E-state index contributed by atoms with van der Waals surface area (Å²) in [7, 11) is 3.35. The van der Waals surface area contributed by atoms with Crippen molar-refractivity contribution in [3.8, 4) is 33.9 Å². The summed E-state index contributed by atoms with van der Waals surface area (Å²) in [6.07, 6.45) is 1.79. The van der Waals surface area contributed by atoms with Gasteiger partial charge in [-0.15, -0.1) is 0 Å². The summed E-state index contributed by atoms with van der Waals surface area (Å²) in [5, 5.41) is 0. The SMILES string of the molecule is COc1ccccc1-c1cccnc1-c1ccccc1OC. The number of hydrogen-bond donors (Lipinski definition) is 0. The van der Waals surface area contributed by atoms with E-state index in [0.29, 0.717) is 0 Å². The van der Waals surface area contributed by atoms with Gasteiger partial charge in [-0.2, -0.15) is 0 Å². The Morgan fingerprint density at radius 3 is 1.86 bits per heavy atom. The highest BCUT2D eigenvalue weighted by Crippen LogP contribution is 2.38. The lowest BCUT2D eigenvalue weighted by Crippen LogP contribution is -1.94. The van der Waals surface area contributed by atoms with Gasteiger partial charge in [-0.05, 0) is 24.3 Å². The second kappa shape index (κ2) is 6.31. The zero-order valence-corrected chi connectivity index (χ0v) is 12.6. The molecule has 0 unspecified atom stereocenters. The maximum absolute atomic E-state index is 5.49. The number of methoxy groups -OCH3 is 2. The molecule has 0 N–H and O–H groups in total. The normalized spacial score (nSPS) is 10.3. The number of benzene rings is 2. The summed E-state index contributed by atoms with van der Waals surface area (Å²) < 4.78 is 11.0. The Labute approximate surface area is 130 Å². The fourth-order valence-corrected chi connectivity index (χ4v) is 2.54. The Kier molecular flexibility index (Phi) is 4.05. The average Bonchev–Trinajstić information content (AvgIpc) is 2.61. The van der Waals surface area contributed by atoms with Gasteiger partial charge in [-0.25, -0.2) is 0 Å². The van der Waals surface area contributed by atoms with Crippen molar-refractivity contribution in [1.29, 1.82) is 0 Å². The van der Waals surface area contributed by atoms with Crippen LogP contribution in [0.1, 0.15) is 0 Å². The molecule has 3 aromatic rings. The fourth-order valence-electron chi connectivity index (χ4n) is 2.54. The van der Waals surface area contributed by atoms with Gasteiger partial charge in [0.2, 0.25) is 0 Å². The molecule has 0 fully saturated rings. The van der Waals surface area contributed by atoms with Gasteiger partial charge in [0.05, 0.1) is 19.9 Å². The number of rotatable bonds is 4. The molecule has 0 aliphatic carbocycles. The molecule has 110 valence electrons. The van der Waals surface area contributed by atoms with Crippen LogP contribution in [0, 0.1) is 0 Å². The van der Waals surface area contributed by atoms with Crippen LogP contribution in [0.2, 0.25) is 0 Å². The highest BCUT2D eigenvalue weighted by molar-refractivity contribution is 5.85. The first-order valence-corrected chi connectivity index (χ1v) is 7.07. The molecular formula is C19H17NO2. The number of para-hydroxylation sites is 2. The molecule has 0 radical (unpaired) electrons. The lowest BCUT2D eigenvalue weighted by Gasteiger charge is -2.14. The predicted octanol–water partition coefficient (Wildman–Crippen LogP) is 4.43. The smallest absolute Gasteiger partial charge is 0.128 e. The van der Waals surface area contributed by atoms with Gasteiger partial charge in [-0.3, -0.25) is 4.98 Å². The molecule has 0 aliphatic rings. The lowest BCUT2D eigenvalue weighted by atomic mass is 9.98. The highest BCUT2D eigenvalue weighted by atomic mass is 16.5. The number of aromatic nitrogens is 1. The van der Waals surface area contributed by atoms with E-state index in [1.807, 2.05) is 60.7 Å². The van der Waals surface area contributed by atoms with E-state index < -0.39 is 0 Å². The Morgan fingerprint density at radius 1 is 0.636 bits per heavy atom. The molecule has 22 heavy (non-hydrogen) atoms. The number of ether oxygens (including phenoxy) is 2. The third-order valence-corrected chi connectivity index (χ3v) is 3.57. The van der Waals surface area contributed by atoms with Crippen molar-refractivity contribution in [1.82, 2.24) is 4.98 Å². The van der Waals surface area contributed by atoms with Gasteiger partial charge in [0.25, 0.3) is 0 Å². The molecule has 0 saturated carbocycles. The minimum atomic E-state index is 0.803. The Hall–Kier alpha value is -2.81. The molecule has 0 atom stereocenters. The van der Waals surface area contributed by atoms with Gasteiger partial charge in [0, 0.05) is 22.9 Å². The van der Waals surface area contributed by atoms with Crippen molar-refractivity contribution in [3.63, 3.8) is 0 Å². The van der Waals surface area contributed by atoms with E-state index in [2.05, 4.69) is 4.98 Å². The number of hydrogen-bond acceptors (Lipinski definition) is 3. The second-order valence-electron chi connectivity index (χ2n) is 4.80. The molecule has 0 spiro atoms. The third kappa shape index (κ3) is 2.53. The Balaban J connectivity index is 2.23. The molecule has 3 heteroatoms. The topological polar surface area (TPSA) is 31.4 Å². The average molecular weight is 291 g/mol. The van der Waals surface area contributed by atoms with Gasteiger partial charge >= 0.3 is 0 Å². The van der Waals surface area contributed by atoms with Crippen molar-refractivity contribution in [3.05, 3.63) is 66.9 Å². The molecule has 3 nitrogen and oxygen atoms in total. The van der Waals surface area contributed by atoms with Crippen molar-refractivity contribution in [2.24, 2.45) is 0 Å². The summed E-state index contributed by atoms with van der Waals surface area (Å²) in [4.78, 5) is 4.57. The van der Waals surface area contributed by atoms with Crippen LogP contribution in [0.5, 0.6) is 11.5 Å². The zero-order valence-electron chi connectivity index (χ0n) is 12.6. The van der Waals surface area contributed by atoms with Crippen LogP contribution < -0.4 is 9.47 Å². The van der Waals surface area contributed by atoms with E-state index in [9.17, 15) is 0 Å². The van der Waals surface area contributed by atoms with E-state index in [-0.39, 0.29) is 0 Å². The summed E-state index contributed by atoms with van der Waals surface area (Å²) in [6.45, 7) is 0. The lowest BCUT2D eigenvalue weighted by molar-refractivity contribution is 0.415. The number of pyridine rings is 1. The van der Waals surface area contributed by atoms with Crippen molar-refractivity contribution in [2.45, 2.75) is 0 Å². The maximum Gasteiger partial charge on any atom is 0.128 e. The third-order valence-electron chi connectivity index (χ3n) is 3.57. The molecule has 0 aliphatic heterocycles. The van der Waals surface area contributed by atoms with E-state index in [1.54, 1.807) is 20.4 Å². The van der Waals surface area contributed by atoms with Crippen LogP contribution in [0.25, 0.3) is 22.4 Å². The van der Waals surface area contributed by atoms with Gasteiger partial charge in [-0.1, -0.05) is 36.4 Å². The summed E-state index contributed by atoms with van der Waals surface area (Å²) >= 11 is 0. The molecule has 0 amide bonds. The zero-order chi connectivity index (χ0) is 15.4.